The number of nitrogens with one attached hydrogen (secondary N) is 1. The molecule has 0 saturated carbocycles. The van der Waals surface area contributed by atoms with Crippen LogP contribution in [0.2, 0.25) is 0 Å². The number of hydrogen-bond acceptors (Lipinski definition) is 6. The van der Waals surface area contributed by atoms with Crippen LogP contribution < -0.4 is 14.4 Å². The van der Waals surface area contributed by atoms with E-state index in [4.69, 9.17) is 4.74 Å². The summed E-state index contributed by atoms with van der Waals surface area (Å²) in [6, 6.07) is 16.3. The summed E-state index contributed by atoms with van der Waals surface area (Å²) >= 11 is 0. The maximum atomic E-state index is 13.1. The third kappa shape index (κ3) is 4.56. The summed E-state index contributed by atoms with van der Waals surface area (Å²) < 4.78 is 36.6. The molecule has 4 aromatic rings. The van der Waals surface area contributed by atoms with Gasteiger partial charge < -0.3 is 19.1 Å². The number of methoxy groups -OCH3 is 1. The number of aromatic nitrogens is 2. The second kappa shape index (κ2) is 9.24. The molecule has 8 nitrogen and oxygen atoms in total. The van der Waals surface area contributed by atoms with E-state index in [9.17, 15) is 8.42 Å². The SMILES string of the molecule is COc1cc(-c2cn(C)c3nccc(NS(=O)(=O)c4ccccc4)c23)cc(N2CCN(C)CC2)c1. The number of aryl methyl sites for hydroxylation is 1. The first-order chi connectivity index (χ1) is 16.9. The van der Waals surface area contributed by atoms with Crippen molar-refractivity contribution in [1.82, 2.24) is 14.5 Å². The minimum atomic E-state index is -3.76. The molecule has 3 heterocycles. The number of nitrogens with zero attached hydrogens (tertiary/aromatic N) is 4. The Labute approximate surface area is 205 Å². The van der Waals surface area contributed by atoms with Gasteiger partial charge in [0, 0.05) is 62.9 Å². The molecule has 0 unspecified atom stereocenters. The van der Waals surface area contributed by atoms with E-state index in [1.807, 2.05) is 23.9 Å². The minimum Gasteiger partial charge on any atom is -0.497 e. The summed E-state index contributed by atoms with van der Waals surface area (Å²) in [5.41, 5.74) is 4.09. The molecule has 1 aliphatic rings. The van der Waals surface area contributed by atoms with Gasteiger partial charge in [-0.05, 0) is 42.9 Å². The van der Waals surface area contributed by atoms with Crippen molar-refractivity contribution >= 4 is 32.4 Å². The highest BCUT2D eigenvalue weighted by Crippen LogP contribution is 2.38. The van der Waals surface area contributed by atoms with E-state index in [-0.39, 0.29) is 4.90 Å². The van der Waals surface area contributed by atoms with E-state index in [1.54, 1.807) is 49.7 Å². The van der Waals surface area contributed by atoms with Gasteiger partial charge in [-0.1, -0.05) is 18.2 Å². The lowest BCUT2D eigenvalue weighted by molar-refractivity contribution is 0.312. The van der Waals surface area contributed by atoms with Crippen molar-refractivity contribution in [3.8, 4) is 16.9 Å². The summed E-state index contributed by atoms with van der Waals surface area (Å²) in [5, 5.41) is 0.743. The van der Waals surface area contributed by atoms with Crippen LogP contribution in [-0.2, 0) is 17.1 Å². The molecule has 0 spiro atoms. The Balaban J connectivity index is 1.62. The third-order valence-electron chi connectivity index (χ3n) is 6.46. The molecule has 0 bridgehead atoms. The molecule has 0 radical (unpaired) electrons. The molecule has 1 aliphatic heterocycles. The molecule has 1 fully saturated rings. The van der Waals surface area contributed by atoms with Gasteiger partial charge in [-0.15, -0.1) is 0 Å². The first kappa shape index (κ1) is 23.2. The van der Waals surface area contributed by atoms with Crippen LogP contribution >= 0.6 is 0 Å². The second-order valence-electron chi connectivity index (χ2n) is 8.84. The Hall–Kier alpha value is -3.56. The lowest BCUT2D eigenvalue weighted by Gasteiger charge is -2.34. The standard InChI is InChI=1S/C26H29N5O3S/c1-29-11-13-31(14-12-29)20-15-19(16-21(17-20)34-3)23-18-30(2)26-25(23)24(9-10-27-26)28-35(32,33)22-7-5-4-6-8-22/h4-10,15-18H,11-14H2,1-3H3,(H,27,28). The minimum absolute atomic E-state index is 0.209. The van der Waals surface area contributed by atoms with Crippen LogP contribution in [0.25, 0.3) is 22.2 Å². The Kier molecular flexibility index (Phi) is 6.12. The average Bonchev–Trinajstić information content (AvgIpc) is 3.22. The number of anilines is 2. The molecule has 2 aromatic heterocycles. The zero-order valence-electron chi connectivity index (χ0n) is 20.1. The summed E-state index contributed by atoms with van der Waals surface area (Å²) in [4.78, 5) is 9.42. The Morgan fingerprint density at radius 3 is 2.43 bits per heavy atom. The Morgan fingerprint density at radius 2 is 1.71 bits per heavy atom. The fourth-order valence-corrected chi connectivity index (χ4v) is 5.61. The molecular weight excluding hydrogens is 462 g/mol. The van der Waals surface area contributed by atoms with Crippen LogP contribution in [-0.4, -0.2) is 63.2 Å². The van der Waals surface area contributed by atoms with Gasteiger partial charge in [0.15, 0.2) is 0 Å². The smallest absolute Gasteiger partial charge is 0.261 e. The summed E-state index contributed by atoms with van der Waals surface area (Å²) in [5.74, 6) is 0.753. The molecule has 2 aromatic carbocycles. The lowest BCUT2D eigenvalue weighted by atomic mass is 10.0. The van der Waals surface area contributed by atoms with Crippen LogP contribution in [0.1, 0.15) is 0 Å². The zero-order chi connectivity index (χ0) is 24.6. The number of hydrogen-bond donors (Lipinski definition) is 1. The Morgan fingerprint density at radius 1 is 0.971 bits per heavy atom. The fraction of sp³-hybridized carbons (Fsp3) is 0.269. The first-order valence-electron chi connectivity index (χ1n) is 11.5. The zero-order valence-corrected chi connectivity index (χ0v) is 20.9. The second-order valence-corrected chi connectivity index (χ2v) is 10.5. The van der Waals surface area contributed by atoms with E-state index in [0.717, 1.165) is 54.1 Å². The topological polar surface area (TPSA) is 79.7 Å². The Bertz CT molecular complexity index is 1460. The number of pyridine rings is 1. The van der Waals surface area contributed by atoms with Gasteiger partial charge in [-0.3, -0.25) is 4.72 Å². The maximum Gasteiger partial charge on any atom is 0.261 e. The largest absolute Gasteiger partial charge is 0.497 e. The van der Waals surface area contributed by atoms with E-state index in [1.165, 1.54) is 0 Å². The normalized spacial score (nSPS) is 14.9. The van der Waals surface area contributed by atoms with Crippen molar-refractivity contribution in [2.45, 2.75) is 4.90 Å². The highest BCUT2D eigenvalue weighted by Gasteiger charge is 2.21. The molecule has 0 amide bonds. The van der Waals surface area contributed by atoms with E-state index in [2.05, 4.69) is 38.7 Å². The van der Waals surface area contributed by atoms with Crippen LogP contribution in [0, 0.1) is 0 Å². The van der Waals surface area contributed by atoms with Crippen molar-refractivity contribution in [1.29, 1.82) is 0 Å². The van der Waals surface area contributed by atoms with Gasteiger partial charge in [-0.25, -0.2) is 13.4 Å². The third-order valence-corrected chi connectivity index (χ3v) is 7.84. The van der Waals surface area contributed by atoms with Gasteiger partial charge in [0.05, 0.1) is 23.1 Å². The average molecular weight is 492 g/mol. The molecule has 9 heteroatoms. The molecule has 1 N–H and O–H groups in total. The van der Waals surface area contributed by atoms with Crippen molar-refractivity contribution < 1.29 is 13.2 Å². The molecule has 0 aliphatic carbocycles. The number of fused-ring (bicyclic) bond motifs is 1. The van der Waals surface area contributed by atoms with E-state index in [0.29, 0.717) is 11.3 Å². The van der Waals surface area contributed by atoms with Crippen molar-refractivity contribution in [2.75, 3.05) is 50.0 Å². The molecule has 5 rings (SSSR count). The van der Waals surface area contributed by atoms with Crippen LogP contribution in [0.3, 0.4) is 0 Å². The number of benzene rings is 2. The number of likely N-dealkylation sites (N-methyl/N-ethyl adjacent to an activating group) is 1. The molecule has 1 saturated heterocycles. The number of piperazine rings is 1. The predicted octanol–water partition coefficient (Wildman–Crippen LogP) is 3.80. The first-order valence-corrected chi connectivity index (χ1v) is 13.0. The van der Waals surface area contributed by atoms with Crippen molar-refractivity contribution in [3.05, 3.63) is 67.0 Å². The van der Waals surface area contributed by atoms with Crippen LogP contribution in [0.15, 0.2) is 71.9 Å². The van der Waals surface area contributed by atoms with Gasteiger partial charge >= 0.3 is 0 Å². The van der Waals surface area contributed by atoms with Crippen LogP contribution in [0.5, 0.6) is 5.75 Å². The quantitative estimate of drug-likeness (QED) is 0.442. The molecular formula is C26H29N5O3S. The van der Waals surface area contributed by atoms with E-state index >= 15 is 0 Å². The van der Waals surface area contributed by atoms with E-state index < -0.39 is 10.0 Å². The maximum absolute atomic E-state index is 13.1. The van der Waals surface area contributed by atoms with Gasteiger partial charge in [-0.2, -0.15) is 0 Å². The van der Waals surface area contributed by atoms with Crippen molar-refractivity contribution in [2.24, 2.45) is 7.05 Å². The summed E-state index contributed by atoms with van der Waals surface area (Å²) in [7, 11) is 1.95. The summed E-state index contributed by atoms with van der Waals surface area (Å²) in [6.45, 7) is 3.86. The number of ether oxygens (including phenoxy) is 1. The highest BCUT2D eigenvalue weighted by atomic mass is 32.2. The molecule has 0 atom stereocenters. The van der Waals surface area contributed by atoms with Gasteiger partial charge in [0.25, 0.3) is 10.0 Å². The number of sulfonamides is 1. The number of rotatable bonds is 6. The highest BCUT2D eigenvalue weighted by molar-refractivity contribution is 7.92. The lowest BCUT2D eigenvalue weighted by Crippen LogP contribution is -2.44. The molecule has 35 heavy (non-hydrogen) atoms. The molecule has 182 valence electrons. The summed E-state index contributed by atoms with van der Waals surface area (Å²) in [6.07, 6.45) is 3.61. The van der Waals surface area contributed by atoms with Crippen molar-refractivity contribution in [3.63, 3.8) is 0 Å². The predicted molar refractivity (Wildman–Crippen MR) is 140 cm³/mol. The van der Waals surface area contributed by atoms with Gasteiger partial charge in [0.1, 0.15) is 11.4 Å². The fourth-order valence-electron chi connectivity index (χ4n) is 4.51. The van der Waals surface area contributed by atoms with Gasteiger partial charge in [0.2, 0.25) is 0 Å². The monoisotopic (exact) mass is 491 g/mol. The van der Waals surface area contributed by atoms with Crippen LogP contribution in [0.4, 0.5) is 11.4 Å².